The van der Waals surface area contributed by atoms with E-state index in [1.54, 1.807) is 14.0 Å². The van der Waals surface area contributed by atoms with E-state index in [0.29, 0.717) is 19.2 Å². The van der Waals surface area contributed by atoms with Gasteiger partial charge in [0.25, 0.3) is 0 Å². The third-order valence-electron chi connectivity index (χ3n) is 5.70. The lowest BCUT2D eigenvalue weighted by Gasteiger charge is -2.37. The van der Waals surface area contributed by atoms with Crippen molar-refractivity contribution in [3.05, 3.63) is 54.1 Å². The first kappa shape index (κ1) is 22.8. The lowest BCUT2D eigenvalue weighted by atomic mass is 9.89. The number of nitrogens with zero attached hydrogens (tertiary/aromatic N) is 3. The molecule has 0 radical (unpaired) electrons. The van der Waals surface area contributed by atoms with Crippen LogP contribution >= 0.6 is 0 Å². The molecule has 33 heavy (non-hydrogen) atoms. The standard InChI is InChI=1S/C25H29N3O5/c1-4-15-33-18-12-10-17(11-13-18)22-21(24(30)32-5-2)23(29)27(14-16-31-3)25-26-19-8-6-7-9-20(19)28(22)25/h6-13,21-22H,4-5,14-16H2,1-3H3. The van der Waals surface area contributed by atoms with Crippen molar-refractivity contribution >= 4 is 28.9 Å². The van der Waals surface area contributed by atoms with E-state index in [4.69, 9.17) is 19.2 Å². The number of benzene rings is 2. The maximum atomic E-state index is 13.7. The van der Waals surface area contributed by atoms with Crippen molar-refractivity contribution in [2.24, 2.45) is 5.92 Å². The first-order chi connectivity index (χ1) is 16.1. The molecule has 0 spiro atoms. The third kappa shape index (κ3) is 4.30. The van der Waals surface area contributed by atoms with Gasteiger partial charge in [-0.1, -0.05) is 31.2 Å². The summed E-state index contributed by atoms with van der Waals surface area (Å²) in [6, 6.07) is 14.6. The smallest absolute Gasteiger partial charge is 0.321 e. The van der Waals surface area contributed by atoms with Gasteiger partial charge < -0.3 is 18.8 Å². The minimum absolute atomic E-state index is 0.189. The molecule has 0 saturated heterocycles. The van der Waals surface area contributed by atoms with Crippen LogP contribution in [0.1, 0.15) is 31.9 Å². The molecule has 0 saturated carbocycles. The first-order valence-electron chi connectivity index (χ1n) is 11.3. The van der Waals surface area contributed by atoms with Crippen LogP contribution in [0.25, 0.3) is 11.0 Å². The Labute approximate surface area is 193 Å². The quantitative estimate of drug-likeness (QED) is 0.365. The number of hydrogen-bond donors (Lipinski definition) is 0. The molecule has 0 aliphatic carbocycles. The van der Waals surface area contributed by atoms with Gasteiger partial charge in [-0.15, -0.1) is 0 Å². The van der Waals surface area contributed by atoms with E-state index in [1.807, 2.05) is 60.0 Å². The zero-order valence-electron chi connectivity index (χ0n) is 19.2. The summed E-state index contributed by atoms with van der Waals surface area (Å²) in [7, 11) is 1.57. The van der Waals surface area contributed by atoms with Gasteiger partial charge >= 0.3 is 5.97 Å². The maximum Gasteiger partial charge on any atom is 0.321 e. The Kier molecular flexibility index (Phi) is 6.93. The fraction of sp³-hybridized carbons (Fsp3) is 0.400. The van der Waals surface area contributed by atoms with Crippen LogP contribution in [0, 0.1) is 5.92 Å². The number of amides is 1. The normalized spacial score (nSPS) is 17.8. The highest BCUT2D eigenvalue weighted by Gasteiger charge is 2.47. The number of rotatable bonds is 9. The molecule has 1 amide bonds. The van der Waals surface area contributed by atoms with Crippen LogP contribution in [0.15, 0.2) is 48.5 Å². The van der Waals surface area contributed by atoms with Crippen molar-refractivity contribution in [3.63, 3.8) is 0 Å². The largest absolute Gasteiger partial charge is 0.494 e. The highest BCUT2D eigenvalue weighted by atomic mass is 16.5. The molecular formula is C25H29N3O5. The molecule has 3 aromatic rings. The minimum Gasteiger partial charge on any atom is -0.494 e. The molecule has 2 aromatic carbocycles. The van der Waals surface area contributed by atoms with Gasteiger partial charge in [0, 0.05) is 7.11 Å². The summed E-state index contributed by atoms with van der Waals surface area (Å²) in [6.07, 6.45) is 0.908. The molecule has 0 N–H and O–H groups in total. The SMILES string of the molecule is CCCOc1ccc(C2C(C(=O)OCC)C(=O)N(CCOC)c3nc4ccccc4n32)cc1. The van der Waals surface area contributed by atoms with E-state index in [0.717, 1.165) is 28.8 Å². The number of ether oxygens (including phenoxy) is 3. The number of carbonyl (C=O) groups is 2. The number of aromatic nitrogens is 2. The number of carbonyl (C=O) groups excluding carboxylic acids is 2. The number of anilines is 1. The highest BCUT2D eigenvalue weighted by molar-refractivity contribution is 6.08. The summed E-state index contributed by atoms with van der Waals surface area (Å²) in [5.74, 6) is -0.702. The molecule has 1 aliphatic rings. The molecule has 174 valence electrons. The van der Waals surface area contributed by atoms with Crippen LogP contribution in [-0.2, 0) is 19.1 Å². The van der Waals surface area contributed by atoms with Crippen LogP contribution in [0.2, 0.25) is 0 Å². The van der Waals surface area contributed by atoms with Crippen molar-refractivity contribution < 1.29 is 23.8 Å². The molecule has 2 heterocycles. The number of fused-ring (bicyclic) bond motifs is 3. The van der Waals surface area contributed by atoms with Gasteiger partial charge in [-0.3, -0.25) is 14.5 Å². The fourth-order valence-corrected chi connectivity index (χ4v) is 4.22. The molecule has 2 unspecified atom stereocenters. The predicted octanol–water partition coefficient (Wildman–Crippen LogP) is 3.59. The molecular weight excluding hydrogens is 422 g/mol. The molecule has 2 atom stereocenters. The van der Waals surface area contributed by atoms with Crippen molar-refractivity contribution in [1.82, 2.24) is 9.55 Å². The second kappa shape index (κ2) is 10.0. The molecule has 0 bridgehead atoms. The van der Waals surface area contributed by atoms with Gasteiger partial charge in [-0.2, -0.15) is 0 Å². The van der Waals surface area contributed by atoms with E-state index in [-0.39, 0.29) is 19.1 Å². The lowest BCUT2D eigenvalue weighted by Crippen LogP contribution is -2.51. The van der Waals surface area contributed by atoms with E-state index >= 15 is 0 Å². The van der Waals surface area contributed by atoms with Gasteiger partial charge in [0.2, 0.25) is 11.9 Å². The monoisotopic (exact) mass is 451 g/mol. The van der Waals surface area contributed by atoms with E-state index in [2.05, 4.69) is 0 Å². The number of methoxy groups -OCH3 is 1. The molecule has 4 rings (SSSR count). The van der Waals surface area contributed by atoms with Crippen LogP contribution in [0.5, 0.6) is 5.75 Å². The number of hydrogen-bond acceptors (Lipinski definition) is 6. The number of esters is 1. The van der Waals surface area contributed by atoms with Crippen molar-refractivity contribution in [3.8, 4) is 5.75 Å². The van der Waals surface area contributed by atoms with Gasteiger partial charge in [0.15, 0.2) is 5.92 Å². The minimum atomic E-state index is -1.05. The van der Waals surface area contributed by atoms with Gasteiger partial charge in [-0.25, -0.2) is 4.98 Å². The van der Waals surface area contributed by atoms with Crippen LogP contribution in [0.4, 0.5) is 5.95 Å². The summed E-state index contributed by atoms with van der Waals surface area (Å²) in [6.45, 7) is 5.20. The fourth-order valence-electron chi connectivity index (χ4n) is 4.22. The Morgan fingerprint density at radius 3 is 2.52 bits per heavy atom. The van der Waals surface area contributed by atoms with Crippen LogP contribution in [-0.4, -0.2) is 54.9 Å². The van der Waals surface area contributed by atoms with Crippen molar-refractivity contribution in [2.75, 3.05) is 38.4 Å². The van der Waals surface area contributed by atoms with Gasteiger partial charge in [0.1, 0.15) is 5.75 Å². The Balaban J connectivity index is 1.88. The summed E-state index contributed by atoms with van der Waals surface area (Å²) in [5, 5.41) is 0. The van der Waals surface area contributed by atoms with Crippen LogP contribution < -0.4 is 9.64 Å². The summed E-state index contributed by atoms with van der Waals surface area (Å²) < 4.78 is 18.3. The first-order valence-corrected chi connectivity index (χ1v) is 11.3. The lowest BCUT2D eigenvalue weighted by molar-refractivity contribution is -0.153. The average molecular weight is 452 g/mol. The zero-order chi connectivity index (χ0) is 23.4. The molecule has 1 aliphatic heterocycles. The van der Waals surface area contributed by atoms with Crippen LogP contribution in [0.3, 0.4) is 0 Å². The van der Waals surface area contributed by atoms with Crippen molar-refractivity contribution in [2.45, 2.75) is 26.3 Å². The second-order valence-electron chi connectivity index (χ2n) is 7.85. The topological polar surface area (TPSA) is 82.9 Å². The number of imidazole rings is 1. The molecule has 1 aromatic heterocycles. The van der Waals surface area contributed by atoms with Crippen molar-refractivity contribution in [1.29, 1.82) is 0 Å². The predicted molar refractivity (Wildman–Crippen MR) is 124 cm³/mol. The number of para-hydroxylation sites is 2. The summed E-state index contributed by atoms with van der Waals surface area (Å²) in [5.41, 5.74) is 2.40. The third-order valence-corrected chi connectivity index (χ3v) is 5.70. The zero-order valence-corrected chi connectivity index (χ0v) is 19.2. The van der Waals surface area contributed by atoms with E-state index < -0.39 is 17.9 Å². The Hall–Kier alpha value is -3.39. The highest BCUT2D eigenvalue weighted by Crippen LogP contribution is 2.41. The summed E-state index contributed by atoms with van der Waals surface area (Å²) >= 11 is 0. The maximum absolute atomic E-state index is 13.7. The second-order valence-corrected chi connectivity index (χ2v) is 7.85. The Bertz CT molecular complexity index is 1120. The Morgan fingerprint density at radius 1 is 1.06 bits per heavy atom. The average Bonchev–Trinajstić information content (AvgIpc) is 3.21. The Morgan fingerprint density at radius 2 is 1.82 bits per heavy atom. The molecule has 8 nitrogen and oxygen atoms in total. The molecule has 8 heteroatoms. The van der Waals surface area contributed by atoms with E-state index in [1.165, 1.54) is 4.90 Å². The van der Waals surface area contributed by atoms with Gasteiger partial charge in [0.05, 0.1) is 43.4 Å². The molecule has 0 fully saturated rings. The van der Waals surface area contributed by atoms with E-state index in [9.17, 15) is 9.59 Å². The van der Waals surface area contributed by atoms with Gasteiger partial charge in [-0.05, 0) is 43.2 Å². The summed E-state index contributed by atoms with van der Waals surface area (Å²) in [4.78, 5) is 33.1.